The summed E-state index contributed by atoms with van der Waals surface area (Å²) in [7, 11) is 0. The molecule has 1 atom stereocenters. The van der Waals surface area contributed by atoms with Gasteiger partial charge in [0, 0.05) is 40.3 Å². The number of ketones is 1. The predicted molar refractivity (Wildman–Crippen MR) is 184 cm³/mol. The van der Waals surface area contributed by atoms with Crippen molar-refractivity contribution in [1.29, 1.82) is 0 Å². The Morgan fingerprint density at radius 2 is 1.06 bits per heavy atom. The van der Waals surface area contributed by atoms with Crippen molar-refractivity contribution >= 4 is 35.6 Å². The van der Waals surface area contributed by atoms with Gasteiger partial charge in [-0.25, -0.2) is 9.59 Å². The molecule has 4 amide bonds. The molecule has 0 rings (SSSR count). The lowest BCUT2D eigenvalue weighted by Crippen LogP contribution is -2.41. The van der Waals surface area contributed by atoms with E-state index in [0.717, 1.165) is 38.5 Å². The van der Waals surface area contributed by atoms with E-state index in [-0.39, 0.29) is 57.3 Å². The highest BCUT2D eigenvalue weighted by Crippen LogP contribution is 2.14. The highest BCUT2D eigenvalue weighted by atomic mass is 16.5. The Kier molecular flexibility index (Phi) is 30.1. The van der Waals surface area contributed by atoms with E-state index in [1.807, 2.05) is 0 Å². The average molecular weight is 689 g/mol. The first-order valence-corrected chi connectivity index (χ1v) is 17.8. The number of Topliss-reactive ketones (excluding diaryl/α,β-unsaturated/α-hetero) is 1. The third-order valence-corrected chi connectivity index (χ3v) is 7.51. The first-order chi connectivity index (χ1) is 23.1. The summed E-state index contributed by atoms with van der Waals surface area (Å²) in [5, 5.41) is 28.6. The standard InChI is InChI=1S/C34H62N4O10.H2/c1-28(39)27-48-26-25-47-24-23-37-34(46)36-22-16-21-35-30(40)20-19-29(33(44)45)38-31(41)17-14-12-10-8-6-4-2-3-5-7-9-11-13-15-18-32(42)43;/h29H,2-27H2,1H3,(H,35,40)(H,38,41)(H,42,43)(H,44,45)(H2,36,37,46);1H/t29-;/m0./s1. The fourth-order valence-corrected chi connectivity index (χ4v) is 4.82. The minimum absolute atomic E-state index is 0. The molecule has 48 heavy (non-hydrogen) atoms. The van der Waals surface area contributed by atoms with Gasteiger partial charge in [0.2, 0.25) is 11.8 Å². The number of ether oxygens (including phenoxy) is 2. The van der Waals surface area contributed by atoms with E-state index in [1.165, 1.54) is 51.9 Å². The third-order valence-electron chi connectivity index (χ3n) is 7.51. The molecule has 0 unspecified atom stereocenters. The molecule has 0 bridgehead atoms. The van der Waals surface area contributed by atoms with E-state index in [2.05, 4.69) is 21.3 Å². The first kappa shape index (κ1) is 44.7. The van der Waals surface area contributed by atoms with Gasteiger partial charge < -0.3 is 41.0 Å². The molecule has 0 fully saturated rings. The fourth-order valence-electron chi connectivity index (χ4n) is 4.82. The third kappa shape index (κ3) is 32.7. The summed E-state index contributed by atoms with van der Waals surface area (Å²) in [4.78, 5) is 69.0. The zero-order valence-electron chi connectivity index (χ0n) is 29.1. The minimum atomic E-state index is -1.17. The lowest BCUT2D eigenvalue weighted by molar-refractivity contribution is -0.142. The van der Waals surface area contributed by atoms with Crippen molar-refractivity contribution in [2.24, 2.45) is 0 Å². The molecule has 0 radical (unpaired) electrons. The molecule has 0 aromatic heterocycles. The molecule has 14 heteroatoms. The van der Waals surface area contributed by atoms with Gasteiger partial charge in [-0.05, 0) is 32.6 Å². The highest BCUT2D eigenvalue weighted by molar-refractivity contribution is 5.84. The number of urea groups is 1. The second kappa shape index (κ2) is 32.3. The van der Waals surface area contributed by atoms with E-state index < -0.39 is 18.0 Å². The Morgan fingerprint density at radius 1 is 0.562 bits per heavy atom. The van der Waals surface area contributed by atoms with E-state index in [9.17, 15) is 33.9 Å². The van der Waals surface area contributed by atoms with Gasteiger partial charge in [-0.15, -0.1) is 0 Å². The summed E-state index contributed by atoms with van der Waals surface area (Å²) < 4.78 is 10.3. The zero-order chi connectivity index (χ0) is 35.7. The van der Waals surface area contributed by atoms with Gasteiger partial charge in [0.05, 0.1) is 19.8 Å². The van der Waals surface area contributed by atoms with Crippen LogP contribution in [0.3, 0.4) is 0 Å². The maximum absolute atomic E-state index is 12.3. The second-order valence-electron chi connectivity index (χ2n) is 12.1. The summed E-state index contributed by atoms with van der Waals surface area (Å²) in [6, 6.07) is -1.49. The maximum Gasteiger partial charge on any atom is 0.326 e. The van der Waals surface area contributed by atoms with Crippen molar-refractivity contribution in [3.8, 4) is 0 Å². The number of carbonyl (C=O) groups excluding carboxylic acids is 4. The number of amides is 4. The molecule has 0 heterocycles. The van der Waals surface area contributed by atoms with Crippen LogP contribution < -0.4 is 21.3 Å². The molecule has 280 valence electrons. The molecular weight excluding hydrogens is 624 g/mol. The van der Waals surface area contributed by atoms with Crippen LogP contribution in [0.1, 0.15) is 130 Å². The molecule has 6 N–H and O–H groups in total. The quantitative estimate of drug-likeness (QED) is 0.0527. The van der Waals surface area contributed by atoms with Crippen LogP contribution >= 0.6 is 0 Å². The van der Waals surface area contributed by atoms with Crippen LogP contribution in [0, 0.1) is 0 Å². The Hall–Kier alpha value is -3.26. The van der Waals surface area contributed by atoms with Crippen LogP contribution in [0.5, 0.6) is 0 Å². The summed E-state index contributed by atoms with van der Waals surface area (Å²) in [6.45, 7) is 3.37. The van der Waals surface area contributed by atoms with E-state index in [1.54, 1.807) is 0 Å². The largest absolute Gasteiger partial charge is 0.481 e. The van der Waals surface area contributed by atoms with Gasteiger partial charge in [0.25, 0.3) is 0 Å². The summed E-state index contributed by atoms with van der Waals surface area (Å²) in [5.74, 6) is -2.59. The van der Waals surface area contributed by atoms with Crippen molar-refractivity contribution in [2.75, 3.05) is 46.1 Å². The number of hydrogen-bond donors (Lipinski definition) is 6. The Bertz CT molecular complexity index is 910. The van der Waals surface area contributed by atoms with Gasteiger partial charge in [-0.1, -0.05) is 77.0 Å². The molecule has 0 aliphatic rings. The molecule has 0 spiro atoms. The number of hydrogen-bond acceptors (Lipinski definition) is 8. The lowest BCUT2D eigenvalue weighted by Gasteiger charge is -2.14. The summed E-state index contributed by atoms with van der Waals surface area (Å²) in [6.07, 6.45) is 16.1. The van der Waals surface area contributed by atoms with E-state index >= 15 is 0 Å². The molecule has 0 aliphatic carbocycles. The minimum Gasteiger partial charge on any atom is -0.481 e. The van der Waals surface area contributed by atoms with Crippen LogP contribution in [0.2, 0.25) is 0 Å². The molecule has 0 aliphatic heterocycles. The van der Waals surface area contributed by atoms with Crippen molar-refractivity contribution in [2.45, 2.75) is 135 Å². The number of carbonyl (C=O) groups is 6. The van der Waals surface area contributed by atoms with Gasteiger partial charge in [-0.2, -0.15) is 0 Å². The van der Waals surface area contributed by atoms with Crippen LogP contribution in [-0.4, -0.2) is 97.9 Å². The van der Waals surface area contributed by atoms with Crippen LogP contribution in [0.25, 0.3) is 0 Å². The van der Waals surface area contributed by atoms with E-state index in [4.69, 9.17) is 14.6 Å². The van der Waals surface area contributed by atoms with E-state index in [0.29, 0.717) is 52.3 Å². The van der Waals surface area contributed by atoms with Gasteiger partial charge in [0.15, 0.2) is 5.78 Å². The summed E-state index contributed by atoms with van der Waals surface area (Å²) >= 11 is 0. The zero-order valence-corrected chi connectivity index (χ0v) is 29.1. The summed E-state index contributed by atoms with van der Waals surface area (Å²) in [5.41, 5.74) is 0. The fraction of sp³-hybridized carbons (Fsp3) is 0.824. The Morgan fingerprint density at radius 3 is 1.60 bits per heavy atom. The number of carboxylic acid groups (broad SMARTS) is 2. The number of carboxylic acids is 2. The topological polar surface area (TPSA) is 209 Å². The number of unbranched alkanes of at least 4 members (excludes halogenated alkanes) is 13. The average Bonchev–Trinajstić information content (AvgIpc) is 3.03. The molecule has 0 aromatic rings. The molecule has 0 saturated carbocycles. The smallest absolute Gasteiger partial charge is 0.326 e. The number of nitrogens with one attached hydrogen (secondary N) is 4. The van der Waals surface area contributed by atoms with Crippen molar-refractivity contribution in [3.05, 3.63) is 0 Å². The SMILES string of the molecule is CC(=O)COCCOCCNC(=O)NCCCNC(=O)CC[C@H](NC(=O)CCCCCCCCCCCCCCCCC(=O)O)C(=O)O.[HH]. The van der Waals surface area contributed by atoms with Crippen molar-refractivity contribution < 1.29 is 49.9 Å². The van der Waals surface area contributed by atoms with Gasteiger partial charge >= 0.3 is 18.0 Å². The maximum atomic E-state index is 12.3. The van der Waals surface area contributed by atoms with Crippen molar-refractivity contribution in [1.82, 2.24) is 21.3 Å². The van der Waals surface area contributed by atoms with Crippen LogP contribution in [-0.2, 0) is 33.4 Å². The normalized spacial score (nSPS) is 11.4. The highest BCUT2D eigenvalue weighted by Gasteiger charge is 2.20. The molecule has 0 saturated heterocycles. The molecule has 0 aromatic carbocycles. The van der Waals surface area contributed by atoms with Gasteiger partial charge in [-0.3, -0.25) is 19.2 Å². The predicted octanol–water partition coefficient (Wildman–Crippen LogP) is 4.34. The lowest BCUT2D eigenvalue weighted by atomic mass is 10.0. The molecule has 14 nitrogen and oxygen atoms in total. The Balaban J connectivity index is 0. The second-order valence-corrected chi connectivity index (χ2v) is 12.1. The number of rotatable bonds is 34. The van der Waals surface area contributed by atoms with Crippen molar-refractivity contribution in [3.63, 3.8) is 0 Å². The Labute approximate surface area is 287 Å². The van der Waals surface area contributed by atoms with Crippen LogP contribution in [0.4, 0.5) is 4.79 Å². The monoisotopic (exact) mass is 688 g/mol. The first-order valence-electron chi connectivity index (χ1n) is 17.8. The number of aliphatic carboxylic acids is 2. The molecular formula is C34H64N4O10. The van der Waals surface area contributed by atoms with Crippen LogP contribution in [0.15, 0.2) is 0 Å². The van der Waals surface area contributed by atoms with Gasteiger partial charge in [0.1, 0.15) is 12.6 Å².